The van der Waals surface area contributed by atoms with E-state index in [1.807, 2.05) is 13.8 Å². The highest BCUT2D eigenvalue weighted by Gasteiger charge is 2.63. The Morgan fingerprint density at radius 3 is 1.87 bits per heavy atom. The number of nitrogens with zero attached hydrogens (tertiary/aromatic N) is 1. The number of halogens is 5. The Balaban J connectivity index is 0.000000483. The van der Waals surface area contributed by atoms with Gasteiger partial charge in [0, 0.05) is 30.2 Å². The van der Waals surface area contributed by atoms with Gasteiger partial charge in [0.1, 0.15) is 17.4 Å². The lowest BCUT2D eigenvalue weighted by atomic mass is 9.98. The van der Waals surface area contributed by atoms with Crippen LogP contribution >= 0.6 is 0 Å². The Labute approximate surface area is 183 Å². The zero-order valence-corrected chi connectivity index (χ0v) is 19.9. The van der Waals surface area contributed by atoms with E-state index in [2.05, 4.69) is 32.7 Å². The van der Waals surface area contributed by atoms with Crippen LogP contribution in [0.3, 0.4) is 0 Å². The van der Waals surface area contributed by atoms with Gasteiger partial charge >= 0.3 is 6.18 Å². The molecule has 0 radical (unpaired) electrons. The van der Waals surface area contributed by atoms with Crippen molar-refractivity contribution in [1.82, 2.24) is 0 Å². The normalized spacial score (nSPS) is 15.3. The van der Waals surface area contributed by atoms with E-state index in [1.54, 1.807) is 13.8 Å². The first kappa shape index (κ1) is 29.2. The molecule has 1 aromatic rings. The summed E-state index contributed by atoms with van der Waals surface area (Å²) in [6, 6.07) is 2.12. The molecule has 2 nitrogen and oxygen atoms in total. The number of hydrogen-bond acceptors (Lipinski definition) is 2. The van der Waals surface area contributed by atoms with Crippen molar-refractivity contribution in [3.8, 4) is 0 Å². The minimum Gasteiger partial charge on any atom is -0.300 e. The summed E-state index contributed by atoms with van der Waals surface area (Å²) in [5.74, 6) is -1.42. The van der Waals surface area contributed by atoms with E-state index < -0.39 is 23.2 Å². The summed E-state index contributed by atoms with van der Waals surface area (Å²) >= 11 is 0. The summed E-state index contributed by atoms with van der Waals surface area (Å²) < 4.78 is 62.7. The maximum Gasteiger partial charge on any atom is 0.394 e. The highest BCUT2D eigenvalue weighted by Crippen LogP contribution is 2.60. The lowest BCUT2D eigenvalue weighted by molar-refractivity contribution is -0.190. The molecule has 0 amide bonds. The van der Waals surface area contributed by atoms with Gasteiger partial charge in [-0.1, -0.05) is 41.5 Å². The molecule has 7 heteroatoms. The van der Waals surface area contributed by atoms with Gasteiger partial charge in [-0.25, -0.2) is 8.78 Å². The average molecular weight is 450 g/mol. The van der Waals surface area contributed by atoms with Crippen LogP contribution < -0.4 is 0 Å². The molecule has 0 N–H and O–H groups in total. The largest absolute Gasteiger partial charge is 0.394 e. The van der Waals surface area contributed by atoms with Crippen molar-refractivity contribution < 1.29 is 26.7 Å². The van der Waals surface area contributed by atoms with Crippen LogP contribution in [0.1, 0.15) is 86.1 Å². The zero-order chi connectivity index (χ0) is 24.6. The summed E-state index contributed by atoms with van der Waals surface area (Å²) in [4.78, 5) is 14.9. The van der Waals surface area contributed by atoms with Crippen molar-refractivity contribution >= 4 is 17.2 Å². The second kappa shape index (κ2) is 11.7. The van der Waals surface area contributed by atoms with Crippen molar-refractivity contribution in [2.45, 2.75) is 93.7 Å². The monoisotopic (exact) mass is 449 g/mol. The molecule has 0 atom stereocenters. The van der Waals surface area contributed by atoms with Gasteiger partial charge in [-0.15, -0.1) is 0 Å². The number of ketones is 1. The van der Waals surface area contributed by atoms with Gasteiger partial charge in [0.15, 0.2) is 0 Å². The zero-order valence-electron chi connectivity index (χ0n) is 19.9. The molecular formula is C24H36F5NO. The van der Waals surface area contributed by atoms with Crippen LogP contribution in [0.15, 0.2) is 17.1 Å². The molecule has 1 aromatic carbocycles. The third-order valence-corrected chi connectivity index (χ3v) is 4.49. The first-order chi connectivity index (χ1) is 14.0. The van der Waals surface area contributed by atoms with E-state index in [4.69, 9.17) is 0 Å². The number of carbonyl (C=O) groups is 1. The maximum absolute atomic E-state index is 13.1. The third kappa shape index (κ3) is 11.4. The van der Waals surface area contributed by atoms with Crippen molar-refractivity contribution in [3.63, 3.8) is 0 Å². The molecule has 1 aliphatic rings. The van der Waals surface area contributed by atoms with Gasteiger partial charge in [0.05, 0.1) is 11.1 Å². The lowest BCUT2D eigenvalue weighted by Gasteiger charge is -2.17. The molecule has 0 spiro atoms. The molecule has 178 valence electrons. The van der Waals surface area contributed by atoms with Gasteiger partial charge in [-0.3, -0.25) is 9.79 Å². The fourth-order valence-corrected chi connectivity index (χ4v) is 2.25. The summed E-state index contributed by atoms with van der Waals surface area (Å²) in [5, 5.41) is 0. The summed E-state index contributed by atoms with van der Waals surface area (Å²) in [7, 11) is 0. The second-order valence-corrected chi connectivity index (χ2v) is 9.58. The minimum absolute atomic E-state index is 0.127. The Hall–Kier alpha value is -1.79. The number of alkyl halides is 3. The fourth-order valence-electron chi connectivity index (χ4n) is 2.25. The van der Waals surface area contributed by atoms with E-state index in [0.29, 0.717) is 16.7 Å². The van der Waals surface area contributed by atoms with Crippen LogP contribution in [0.2, 0.25) is 0 Å². The van der Waals surface area contributed by atoms with Gasteiger partial charge in [0.2, 0.25) is 0 Å². The maximum atomic E-state index is 13.1. The highest BCUT2D eigenvalue weighted by molar-refractivity contribution is 5.84. The van der Waals surface area contributed by atoms with E-state index >= 15 is 0 Å². The summed E-state index contributed by atoms with van der Waals surface area (Å²) in [5.41, 5.74) is 0.485. The van der Waals surface area contributed by atoms with Gasteiger partial charge in [-0.05, 0) is 44.6 Å². The van der Waals surface area contributed by atoms with E-state index in [9.17, 15) is 26.7 Å². The Kier molecular flexibility index (Phi) is 11.0. The van der Waals surface area contributed by atoms with Crippen LogP contribution in [0.4, 0.5) is 27.6 Å². The predicted octanol–water partition coefficient (Wildman–Crippen LogP) is 8.53. The van der Waals surface area contributed by atoms with Gasteiger partial charge < -0.3 is 0 Å². The molecule has 0 aromatic heterocycles. The minimum atomic E-state index is -4.18. The standard InChI is InChI=1S/C11H13F2N.C8H11F3O.C5H12/c1-4-7(2)14-11-6-9(12)5-10(13)8(11)3;1-2-6(12)5-7(3-4-7)8(9,10)11;1-5(2,3)4/h5-6H,4H2,1-3H3;2-5H2,1H3;1-4H3. The number of rotatable bonds is 5. The van der Waals surface area contributed by atoms with Gasteiger partial charge in [0.25, 0.3) is 0 Å². The van der Waals surface area contributed by atoms with Crippen molar-refractivity contribution in [3.05, 3.63) is 29.3 Å². The SMILES string of the molecule is CC(C)(C)C.CCC(=O)CC1(C(F)(F)F)CC1.CCC(C)=Nc1cc(F)cc(F)c1C. The number of Topliss-reactive ketones (excluding diaryl/α,β-unsaturated/α-hetero) is 1. The molecule has 0 heterocycles. The first-order valence-electron chi connectivity index (χ1n) is 10.5. The predicted molar refractivity (Wildman–Crippen MR) is 117 cm³/mol. The number of hydrogen-bond donors (Lipinski definition) is 0. The Morgan fingerprint density at radius 2 is 1.52 bits per heavy atom. The van der Waals surface area contributed by atoms with E-state index in [0.717, 1.165) is 18.2 Å². The second-order valence-electron chi connectivity index (χ2n) is 9.58. The smallest absolute Gasteiger partial charge is 0.300 e. The topological polar surface area (TPSA) is 29.4 Å². The third-order valence-electron chi connectivity index (χ3n) is 4.49. The van der Waals surface area contributed by atoms with Crippen molar-refractivity contribution in [2.24, 2.45) is 15.8 Å². The molecular weight excluding hydrogens is 413 g/mol. The average Bonchev–Trinajstić information content (AvgIpc) is 3.38. The van der Waals surface area contributed by atoms with Gasteiger partial charge in [-0.2, -0.15) is 13.2 Å². The van der Waals surface area contributed by atoms with Crippen LogP contribution in [0, 0.1) is 29.4 Å². The highest BCUT2D eigenvalue weighted by atomic mass is 19.4. The lowest BCUT2D eigenvalue weighted by Crippen LogP contribution is -2.26. The Bertz CT molecular complexity index is 750. The Morgan fingerprint density at radius 1 is 1.03 bits per heavy atom. The molecule has 0 unspecified atom stereocenters. The molecule has 2 rings (SSSR count). The van der Waals surface area contributed by atoms with E-state index in [-0.39, 0.29) is 31.5 Å². The van der Waals surface area contributed by atoms with E-state index in [1.165, 1.54) is 6.07 Å². The molecule has 0 saturated heterocycles. The molecule has 0 bridgehead atoms. The molecule has 1 fully saturated rings. The quantitative estimate of drug-likeness (QED) is 0.327. The number of aliphatic imine (C=N–C) groups is 1. The molecule has 0 aliphatic heterocycles. The number of benzene rings is 1. The summed E-state index contributed by atoms with van der Waals surface area (Å²) in [6.07, 6.45) is -3.26. The van der Waals surface area contributed by atoms with Crippen LogP contribution in [-0.2, 0) is 4.79 Å². The summed E-state index contributed by atoms with van der Waals surface area (Å²) in [6.45, 7) is 15.7. The van der Waals surface area contributed by atoms with Crippen molar-refractivity contribution in [2.75, 3.05) is 0 Å². The molecule has 31 heavy (non-hydrogen) atoms. The molecule has 1 aliphatic carbocycles. The number of carbonyl (C=O) groups excluding carboxylic acids is 1. The van der Waals surface area contributed by atoms with Crippen LogP contribution in [0.5, 0.6) is 0 Å². The van der Waals surface area contributed by atoms with Crippen molar-refractivity contribution in [1.29, 1.82) is 0 Å². The van der Waals surface area contributed by atoms with Crippen LogP contribution in [-0.4, -0.2) is 17.7 Å². The fraction of sp³-hybridized carbons (Fsp3) is 0.667. The van der Waals surface area contributed by atoms with Crippen LogP contribution in [0.25, 0.3) is 0 Å². The molecule has 1 saturated carbocycles. The first-order valence-corrected chi connectivity index (χ1v) is 10.5.